The lowest BCUT2D eigenvalue weighted by Crippen LogP contribution is -2.05. The van der Waals surface area contributed by atoms with Crippen LogP contribution in [0.3, 0.4) is 0 Å². The second kappa shape index (κ2) is 4.89. The van der Waals surface area contributed by atoms with Gasteiger partial charge in [0.25, 0.3) is 0 Å². The fourth-order valence-corrected chi connectivity index (χ4v) is 2.73. The topological polar surface area (TPSA) is 17.1 Å². The number of Topliss-reactive ketones (excluding diaryl/α,β-unsaturated/α-hetero) is 1. The molecular weight excluding hydrogens is 291 g/mol. The van der Waals surface area contributed by atoms with E-state index >= 15 is 0 Å². The summed E-state index contributed by atoms with van der Waals surface area (Å²) in [4.78, 5) is 12.3. The van der Waals surface area contributed by atoms with Crippen LogP contribution in [0.25, 0.3) is 0 Å². The second-order valence-corrected chi connectivity index (χ2v) is 5.12. The largest absolute Gasteiger partial charge is 0.292 e. The minimum Gasteiger partial charge on any atom is -0.292 e. The highest BCUT2D eigenvalue weighted by Gasteiger charge is 2.19. The Hall–Kier alpha value is -1.00. The lowest BCUT2D eigenvalue weighted by Gasteiger charge is -2.07. The van der Waals surface area contributed by atoms with Gasteiger partial charge >= 0.3 is 0 Å². The third-order valence-electron chi connectivity index (χ3n) is 2.16. The van der Waals surface area contributed by atoms with Crippen molar-refractivity contribution in [1.82, 2.24) is 0 Å². The van der Waals surface area contributed by atoms with Gasteiger partial charge in [0.2, 0.25) is 0 Å². The fourth-order valence-electron chi connectivity index (χ4n) is 1.33. The number of hydrogen-bond donors (Lipinski definition) is 0. The van der Waals surface area contributed by atoms with Gasteiger partial charge in [-0.2, -0.15) is 0 Å². The van der Waals surface area contributed by atoms with Crippen LogP contribution in [0.4, 0.5) is 4.39 Å². The quantitative estimate of drug-likeness (QED) is 0.613. The number of alkyl halides is 1. The summed E-state index contributed by atoms with van der Waals surface area (Å²) in [5.41, 5.74) is 0.764. The molecule has 0 aliphatic carbocycles. The molecule has 4 heteroatoms. The van der Waals surface area contributed by atoms with E-state index in [0.29, 0.717) is 4.88 Å². The molecule has 0 saturated heterocycles. The Morgan fingerprint density at radius 3 is 2.50 bits per heavy atom. The summed E-state index contributed by atoms with van der Waals surface area (Å²) in [5, 5.41) is 1.86. The normalized spacial score (nSPS) is 12.4. The molecule has 0 fully saturated rings. The minimum absolute atomic E-state index is 0.00149. The number of hydrogen-bond acceptors (Lipinski definition) is 2. The molecule has 0 spiro atoms. The molecule has 16 heavy (non-hydrogen) atoms. The van der Waals surface area contributed by atoms with Crippen molar-refractivity contribution >= 4 is 33.0 Å². The summed E-state index contributed by atoms with van der Waals surface area (Å²) in [6, 6.07) is 9.55. The highest BCUT2D eigenvalue weighted by molar-refractivity contribution is 9.09. The summed E-state index contributed by atoms with van der Waals surface area (Å²) in [6.07, 6.45) is 0. The zero-order chi connectivity index (χ0) is 11.5. The van der Waals surface area contributed by atoms with E-state index in [0.717, 1.165) is 5.56 Å². The number of rotatable bonds is 3. The maximum Gasteiger partial charge on any atom is 0.190 e. The molecule has 2 rings (SSSR count). The van der Waals surface area contributed by atoms with Crippen LogP contribution in [0.5, 0.6) is 0 Å². The molecule has 82 valence electrons. The molecule has 0 aliphatic heterocycles. The van der Waals surface area contributed by atoms with Crippen LogP contribution in [0.2, 0.25) is 0 Å². The van der Waals surface area contributed by atoms with Gasteiger partial charge in [-0.05, 0) is 29.1 Å². The molecule has 0 amide bonds. The van der Waals surface area contributed by atoms with Crippen LogP contribution < -0.4 is 0 Å². The average molecular weight is 299 g/mol. The number of halogens is 2. The van der Waals surface area contributed by atoms with Gasteiger partial charge in [0, 0.05) is 0 Å². The third kappa shape index (κ3) is 2.39. The van der Waals surface area contributed by atoms with E-state index in [9.17, 15) is 9.18 Å². The standard InChI is InChI=1S/C12H8BrFOS/c13-11(8-3-5-9(14)6-4-8)12(15)10-2-1-7-16-10/h1-7,11H. The zero-order valence-corrected chi connectivity index (χ0v) is 10.6. The van der Waals surface area contributed by atoms with Crippen LogP contribution in [0, 0.1) is 5.82 Å². The van der Waals surface area contributed by atoms with Crippen molar-refractivity contribution in [2.45, 2.75) is 4.83 Å². The summed E-state index contributed by atoms with van der Waals surface area (Å²) in [7, 11) is 0. The van der Waals surface area contributed by atoms with Crippen molar-refractivity contribution < 1.29 is 9.18 Å². The van der Waals surface area contributed by atoms with Crippen molar-refractivity contribution in [3.05, 3.63) is 58.0 Å². The van der Waals surface area contributed by atoms with Crippen molar-refractivity contribution in [2.24, 2.45) is 0 Å². The summed E-state index contributed by atoms with van der Waals surface area (Å²) in [5.74, 6) is -0.298. The smallest absolute Gasteiger partial charge is 0.190 e. The minimum atomic E-state index is -0.410. The van der Waals surface area contributed by atoms with Crippen molar-refractivity contribution in [1.29, 1.82) is 0 Å². The van der Waals surface area contributed by atoms with Gasteiger partial charge in [-0.25, -0.2) is 4.39 Å². The molecule has 0 N–H and O–H groups in total. The van der Waals surface area contributed by atoms with E-state index in [1.807, 2.05) is 11.4 Å². The van der Waals surface area contributed by atoms with Gasteiger partial charge in [-0.1, -0.05) is 34.1 Å². The number of carbonyl (C=O) groups is 1. The van der Waals surface area contributed by atoms with Gasteiger partial charge in [-0.15, -0.1) is 11.3 Å². The van der Waals surface area contributed by atoms with Gasteiger partial charge < -0.3 is 0 Å². The van der Waals surface area contributed by atoms with Gasteiger partial charge in [0.05, 0.1) is 4.88 Å². The van der Waals surface area contributed by atoms with E-state index < -0.39 is 4.83 Å². The number of ketones is 1. The first-order chi connectivity index (χ1) is 7.68. The third-order valence-corrected chi connectivity index (χ3v) is 3.99. The molecule has 2 aromatic rings. The Kier molecular flexibility index (Phi) is 3.51. The Morgan fingerprint density at radius 2 is 1.94 bits per heavy atom. The molecule has 0 radical (unpaired) electrons. The van der Waals surface area contributed by atoms with E-state index in [1.165, 1.54) is 23.5 Å². The Balaban J connectivity index is 2.22. The van der Waals surface area contributed by atoms with Crippen LogP contribution in [-0.4, -0.2) is 5.78 Å². The highest BCUT2D eigenvalue weighted by Crippen LogP contribution is 2.28. The average Bonchev–Trinajstić information content (AvgIpc) is 2.81. The molecule has 0 aliphatic rings. The van der Waals surface area contributed by atoms with Gasteiger partial charge in [-0.3, -0.25) is 4.79 Å². The molecule has 1 aromatic heterocycles. The van der Waals surface area contributed by atoms with Crippen molar-refractivity contribution in [3.63, 3.8) is 0 Å². The molecule has 1 aromatic carbocycles. The highest BCUT2D eigenvalue weighted by atomic mass is 79.9. The molecule has 1 nitrogen and oxygen atoms in total. The Bertz CT molecular complexity index is 478. The Morgan fingerprint density at radius 1 is 1.25 bits per heavy atom. The van der Waals surface area contributed by atoms with Crippen LogP contribution in [0.1, 0.15) is 20.1 Å². The first-order valence-corrected chi connectivity index (χ1v) is 6.45. The van der Waals surface area contributed by atoms with Crippen LogP contribution in [0.15, 0.2) is 41.8 Å². The van der Waals surface area contributed by atoms with Crippen LogP contribution >= 0.6 is 27.3 Å². The maximum absolute atomic E-state index is 12.7. The van der Waals surface area contributed by atoms with E-state index in [1.54, 1.807) is 18.2 Å². The van der Waals surface area contributed by atoms with Gasteiger partial charge in [0.1, 0.15) is 10.6 Å². The predicted molar refractivity (Wildman–Crippen MR) is 66.7 cm³/mol. The summed E-state index contributed by atoms with van der Waals surface area (Å²) in [6.45, 7) is 0. The summed E-state index contributed by atoms with van der Waals surface area (Å²) < 4.78 is 12.7. The van der Waals surface area contributed by atoms with E-state index in [2.05, 4.69) is 15.9 Å². The first kappa shape index (κ1) is 11.5. The fraction of sp³-hybridized carbons (Fsp3) is 0.0833. The molecule has 1 atom stereocenters. The SMILES string of the molecule is O=C(c1cccs1)C(Br)c1ccc(F)cc1. The van der Waals surface area contributed by atoms with E-state index in [4.69, 9.17) is 0 Å². The second-order valence-electron chi connectivity index (χ2n) is 3.26. The maximum atomic E-state index is 12.7. The van der Waals surface area contributed by atoms with Gasteiger partial charge in [0.15, 0.2) is 5.78 Å². The zero-order valence-electron chi connectivity index (χ0n) is 8.19. The Labute approximate surface area is 105 Å². The summed E-state index contributed by atoms with van der Waals surface area (Å²) >= 11 is 4.74. The van der Waals surface area contributed by atoms with E-state index in [-0.39, 0.29) is 11.6 Å². The molecular formula is C12H8BrFOS. The predicted octanol–water partition coefficient (Wildman–Crippen LogP) is 4.21. The molecule has 0 bridgehead atoms. The molecule has 1 unspecified atom stereocenters. The molecule has 0 saturated carbocycles. The number of benzene rings is 1. The lowest BCUT2D eigenvalue weighted by molar-refractivity contribution is 0.0995. The monoisotopic (exact) mass is 298 g/mol. The lowest BCUT2D eigenvalue weighted by atomic mass is 10.1. The first-order valence-electron chi connectivity index (χ1n) is 4.66. The number of carbonyl (C=O) groups excluding carboxylic acids is 1. The molecule has 1 heterocycles. The van der Waals surface area contributed by atoms with Crippen molar-refractivity contribution in [2.75, 3.05) is 0 Å². The van der Waals surface area contributed by atoms with Crippen molar-refractivity contribution in [3.8, 4) is 0 Å². The van der Waals surface area contributed by atoms with Crippen LogP contribution in [-0.2, 0) is 0 Å². The number of thiophene rings is 1.